The van der Waals surface area contributed by atoms with E-state index < -0.39 is 0 Å². The summed E-state index contributed by atoms with van der Waals surface area (Å²) in [6.45, 7) is 7.44. The summed E-state index contributed by atoms with van der Waals surface area (Å²) in [5, 5.41) is 4.29. The summed E-state index contributed by atoms with van der Waals surface area (Å²) >= 11 is 0. The molecule has 0 aliphatic carbocycles. The number of hydrogen-bond donors (Lipinski definition) is 2. The third kappa shape index (κ3) is 4.36. The molecule has 130 valence electrons. The molecule has 1 saturated heterocycles. The second-order valence-electron chi connectivity index (χ2n) is 6.56. The van der Waals surface area contributed by atoms with Crippen LogP contribution in [0.15, 0.2) is 30.5 Å². The molecule has 0 bridgehead atoms. The molecular weight excluding hydrogens is 302 g/mol. The fraction of sp³-hybridized carbons (Fsp3) is 0.526. The lowest BCUT2D eigenvalue weighted by Crippen LogP contribution is -2.38. The van der Waals surface area contributed by atoms with Gasteiger partial charge in [-0.1, -0.05) is 25.1 Å². The number of para-hydroxylation sites is 1. The van der Waals surface area contributed by atoms with Crippen molar-refractivity contribution in [2.45, 2.75) is 19.8 Å². The molecule has 1 aromatic carbocycles. The highest BCUT2D eigenvalue weighted by molar-refractivity contribution is 5.84. The summed E-state index contributed by atoms with van der Waals surface area (Å²) in [6, 6.07) is 8.23. The van der Waals surface area contributed by atoms with Gasteiger partial charge >= 0.3 is 0 Å². The van der Waals surface area contributed by atoms with Crippen LogP contribution >= 0.6 is 0 Å². The second-order valence-corrected chi connectivity index (χ2v) is 6.56. The maximum atomic E-state index is 12.3. The van der Waals surface area contributed by atoms with Crippen molar-refractivity contribution < 1.29 is 9.53 Å². The molecule has 5 nitrogen and oxygen atoms in total. The Balaban J connectivity index is 1.41. The quantitative estimate of drug-likeness (QED) is 0.766. The number of carbonyl (C=O) groups is 1. The van der Waals surface area contributed by atoms with Gasteiger partial charge in [0.15, 0.2) is 0 Å². The minimum atomic E-state index is -0.0207. The molecule has 24 heavy (non-hydrogen) atoms. The molecule has 2 aromatic rings. The van der Waals surface area contributed by atoms with Crippen LogP contribution in [-0.4, -0.2) is 55.2 Å². The number of rotatable bonds is 7. The van der Waals surface area contributed by atoms with Crippen molar-refractivity contribution in [1.29, 1.82) is 0 Å². The first kappa shape index (κ1) is 17.0. The van der Waals surface area contributed by atoms with E-state index in [0.717, 1.165) is 57.8 Å². The monoisotopic (exact) mass is 329 g/mol. The van der Waals surface area contributed by atoms with E-state index in [4.69, 9.17) is 4.74 Å². The van der Waals surface area contributed by atoms with Gasteiger partial charge in [0.25, 0.3) is 0 Å². The maximum absolute atomic E-state index is 12.3. The molecule has 1 atom stereocenters. The number of fused-ring (bicyclic) bond motifs is 1. The number of amides is 1. The molecule has 1 unspecified atom stereocenters. The van der Waals surface area contributed by atoms with Crippen molar-refractivity contribution in [3.8, 4) is 0 Å². The summed E-state index contributed by atoms with van der Waals surface area (Å²) in [5.74, 6) is 0.120. The fourth-order valence-electron chi connectivity index (χ4n) is 3.24. The number of carbonyl (C=O) groups excluding carboxylic acids is 1. The predicted octanol–water partition coefficient (Wildman–Crippen LogP) is 2.18. The molecule has 3 rings (SSSR count). The molecule has 0 saturated carbocycles. The Morgan fingerprint density at radius 2 is 2.12 bits per heavy atom. The molecule has 0 radical (unpaired) electrons. The van der Waals surface area contributed by atoms with Crippen molar-refractivity contribution in [2.24, 2.45) is 5.92 Å². The first-order valence-corrected chi connectivity index (χ1v) is 8.87. The standard InChI is InChI=1S/C19H27N3O2/c1-15(13-16-14-21-18-6-3-2-5-17(16)18)19(23)20-7-4-8-22-9-11-24-12-10-22/h2-3,5-6,14-15,21H,4,7-13H2,1H3,(H,20,23). The molecule has 2 heterocycles. The zero-order valence-electron chi connectivity index (χ0n) is 14.4. The van der Waals surface area contributed by atoms with Crippen molar-refractivity contribution in [3.63, 3.8) is 0 Å². The Bertz CT molecular complexity index is 661. The number of nitrogens with zero attached hydrogens (tertiary/aromatic N) is 1. The molecule has 1 aliphatic rings. The van der Waals surface area contributed by atoms with Gasteiger partial charge in [-0.3, -0.25) is 9.69 Å². The Labute approximate surface area is 143 Å². The molecule has 0 spiro atoms. The van der Waals surface area contributed by atoms with E-state index in [1.54, 1.807) is 0 Å². The van der Waals surface area contributed by atoms with Gasteiger partial charge in [-0.05, 0) is 31.0 Å². The van der Waals surface area contributed by atoms with Gasteiger partial charge in [-0.2, -0.15) is 0 Å². The number of nitrogens with one attached hydrogen (secondary N) is 2. The Morgan fingerprint density at radius 1 is 1.33 bits per heavy atom. The van der Waals surface area contributed by atoms with E-state index in [1.807, 2.05) is 25.3 Å². The molecule has 1 aromatic heterocycles. The summed E-state index contributed by atoms with van der Waals surface area (Å²) in [6.07, 6.45) is 3.78. The SMILES string of the molecule is CC(Cc1c[nH]c2ccccc12)C(=O)NCCCN1CCOCC1. The van der Waals surface area contributed by atoms with Crippen LogP contribution in [0.4, 0.5) is 0 Å². The van der Waals surface area contributed by atoms with Crippen LogP contribution < -0.4 is 5.32 Å². The van der Waals surface area contributed by atoms with Gasteiger partial charge in [0.1, 0.15) is 0 Å². The normalized spacial score (nSPS) is 17.0. The molecule has 2 N–H and O–H groups in total. The smallest absolute Gasteiger partial charge is 0.223 e. The van der Waals surface area contributed by atoms with Crippen LogP contribution in [-0.2, 0) is 16.0 Å². The number of benzene rings is 1. The minimum Gasteiger partial charge on any atom is -0.379 e. The molecule has 1 amide bonds. The lowest BCUT2D eigenvalue weighted by molar-refractivity contribution is -0.124. The highest BCUT2D eigenvalue weighted by atomic mass is 16.5. The van der Waals surface area contributed by atoms with E-state index in [9.17, 15) is 4.79 Å². The molecule has 1 fully saturated rings. The lowest BCUT2D eigenvalue weighted by atomic mass is 10.00. The average molecular weight is 329 g/mol. The number of morpholine rings is 1. The van der Waals surface area contributed by atoms with Crippen molar-refractivity contribution in [1.82, 2.24) is 15.2 Å². The number of aromatic amines is 1. The van der Waals surface area contributed by atoms with Crippen molar-refractivity contribution in [3.05, 3.63) is 36.0 Å². The second kappa shape index (κ2) is 8.31. The topological polar surface area (TPSA) is 57.4 Å². The zero-order chi connectivity index (χ0) is 16.8. The van der Waals surface area contributed by atoms with Crippen molar-refractivity contribution in [2.75, 3.05) is 39.4 Å². The van der Waals surface area contributed by atoms with Crippen LogP contribution in [0.3, 0.4) is 0 Å². The van der Waals surface area contributed by atoms with E-state index in [1.165, 1.54) is 10.9 Å². The third-order valence-corrected chi connectivity index (χ3v) is 4.70. The van der Waals surface area contributed by atoms with Gasteiger partial charge in [-0.25, -0.2) is 0 Å². The van der Waals surface area contributed by atoms with E-state index in [0.29, 0.717) is 0 Å². The highest BCUT2D eigenvalue weighted by Gasteiger charge is 2.15. The van der Waals surface area contributed by atoms with Gasteiger partial charge in [0.2, 0.25) is 5.91 Å². The van der Waals surface area contributed by atoms with Gasteiger partial charge in [-0.15, -0.1) is 0 Å². The molecule has 1 aliphatic heterocycles. The minimum absolute atomic E-state index is 0.0207. The number of aromatic nitrogens is 1. The third-order valence-electron chi connectivity index (χ3n) is 4.70. The first-order chi connectivity index (χ1) is 11.7. The fourth-order valence-corrected chi connectivity index (χ4v) is 3.24. The van der Waals surface area contributed by atoms with Gasteiger partial charge < -0.3 is 15.0 Å². The largest absolute Gasteiger partial charge is 0.379 e. The van der Waals surface area contributed by atoms with Crippen LogP contribution in [0.25, 0.3) is 10.9 Å². The van der Waals surface area contributed by atoms with E-state index in [-0.39, 0.29) is 11.8 Å². The summed E-state index contributed by atoms with van der Waals surface area (Å²) in [4.78, 5) is 18.0. The predicted molar refractivity (Wildman–Crippen MR) is 96.1 cm³/mol. The van der Waals surface area contributed by atoms with E-state index >= 15 is 0 Å². The molecular formula is C19H27N3O2. The highest BCUT2D eigenvalue weighted by Crippen LogP contribution is 2.20. The summed E-state index contributed by atoms with van der Waals surface area (Å²) in [5.41, 5.74) is 2.34. The number of ether oxygens (including phenoxy) is 1. The average Bonchev–Trinajstić information content (AvgIpc) is 3.02. The lowest BCUT2D eigenvalue weighted by Gasteiger charge is -2.26. The maximum Gasteiger partial charge on any atom is 0.223 e. The Morgan fingerprint density at radius 3 is 2.96 bits per heavy atom. The van der Waals surface area contributed by atoms with Gasteiger partial charge in [0, 0.05) is 42.7 Å². The Hall–Kier alpha value is -1.85. The first-order valence-electron chi connectivity index (χ1n) is 8.87. The summed E-state index contributed by atoms with van der Waals surface area (Å²) in [7, 11) is 0. The number of hydrogen-bond acceptors (Lipinski definition) is 3. The van der Waals surface area contributed by atoms with Crippen LogP contribution in [0, 0.1) is 5.92 Å². The number of H-pyrrole nitrogens is 1. The van der Waals surface area contributed by atoms with Crippen LogP contribution in [0.2, 0.25) is 0 Å². The zero-order valence-corrected chi connectivity index (χ0v) is 14.4. The van der Waals surface area contributed by atoms with Crippen LogP contribution in [0.5, 0.6) is 0 Å². The van der Waals surface area contributed by atoms with Gasteiger partial charge in [0.05, 0.1) is 13.2 Å². The van der Waals surface area contributed by atoms with Crippen LogP contribution in [0.1, 0.15) is 18.9 Å². The molecule has 5 heteroatoms. The van der Waals surface area contributed by atoms with E-state index in [2.05, 4.69) is 27.3 Å². The summed E-state index contributed by atoms with van der Waals surface area (Å²) < 4.78 is 5.34. The van der Waals surface area contributed by atoms with Crippen molar-refractivity contribution >= 4 is 16.8 Å². The Kier molecular flexibility index (Phi) is 5.88.